The molecule has 0 aromatic heterocycles. The molecular formula is C19H30S. The van der Waals surface area contributed by atoms with E-state index >= 15 is 0 Å². The van der Waals surface area contributed by atoms with Crippen LogP contribution < -0.4 is 0 Å². The Hall–Kier alpha value is 0.350. The van der Waals surface area contributed by atoms with Gasteiger partial charge in [0.15, 0.2) is 0 Å². The average molecular weight is 291 g/mol. The molecule has 8 atom stereocenters. The van der Waals surface area contributed by atoms with Crippen LogP contribution >= 0.6 is 11.8 Å². The predicted molar refractivity (Wildman–Crippen MR) is 86.9 cm³/mol. The van der Waals surface area contributed by atoms with Crippen LogP contribution in [0.1, 0.15) is 71.6 Å². The lowest BCUT2D eigenvalue weighted by Crippen LogP contribution is -2.52. The highest BCUT2D eigenvalue weighted by Gasteiger charge is 2.61. The minimum atomic E-state index is 0.734. The van der Waals surface area contributed by atoms with Crippen molar-refractivity contribution in [3.8, 4) is 0 Å². The second kappa shape index (κ2) is 4.00. The van der Waals surface area contributed by atoms with Crippen molar-refractivity contribution in [3.05, 3.63) is 0 Å². The molecule has 1 heterocycles. The van der Waals surface area contributed by atoms with E-state index in [9.17, 15) is 0 Å². The van der Waals surface area contributed by atoms with Gasteiger partial charge in [-0.2, -0.15) is 11.8 Å². The van der Waals surface area contributed by atoms with Gasteiger partial charge < -0.3 is 0 Å². The standard InChI is InChI=1S/C19H30S/c1-18-8-3-4-14(18)13-6-5-12-10-16-17(20-16)11-19(12,2)15(13)7-9-18/h12-17H,3-11H2,1-2H3/t12-,13-,14-,15-,16-,17+,18-,19-/m0/s1. The van der Waals surface area contributed by atoms with Crippen molar-refractivity contribution in [3.63, 3.8) is 0 Å². The lowest BCUT2D eigenvalue weighted by atomic mass is 9.45. The molecule has 112 valence electrons. The molecule has 1 aliphatic heterocycles. The maximum absolute atomic E-state index is 2.72. The SMILES string of the molecule is C[C@@]12CCC[C@H]1[C@@H]1CC[C@H]3C[C@@H]4S[C@@H]4C[C@]3(C)[C@H]1CC2. The first kappa shape index (κ1) is 12.9. The van der Waals surface area contributed by atoms with E-state index in [1.165, 1.54) is 6.42 Å². The maximum atomic E-state index is 2.72. The van der Waals surface area contributed by atoms with Gasteiger partial charge in [0, 0.05) is 10.5 Å². The van der Waals surface area contributed by atoms with E-state index in [0.717, 1.165) is 45.0 Å². The lowest BCUT2D eigenvalue weighted by molar-refractivity contribution is -0.0979. The fourth-order valence-corrected chi connectivity index (χ4v) is 8.88. The van der Waals surface area contributed by atoms with Gasteiger partial charge in [0.2, 0.25) is 0 Å². The Morgan fingerprint density at radius 3 is 2.70 bits per heavy atom. The molecule has 0 N–H and O–H groups in total. The smallest absolute Gasteiger partial charge is 0.0175 e. The fourth-order valence-electron chi connectivity index (χ4n) is 7.51. The molecule has 0 amide bonds. The number of hydrogen-bond acceptors (Lipinski definition) is 1. The van der Waals surface area contributed by atoms with E-state index in [-0.39, 0.29) is 0 Å². The van der Waals surface area contributed by atoms with Crippen LogP contribution in [-0.4, -0.2) is 10.5 Å². The highest BCUT2D eigenvalue weighted by molar-refractivity contribution is 8.07. The average Bonchev–Trinajstić information content (AvgIpc) is 3.03. The van der Waals surface area contributed by atoms with E-state index in [0.29, 0.717) is 0 Å². The largest absolute Gasteiger partial charge is 0.153 e. The summed E-state index contributed by atoms with van der Waals surface area (Å²) in [6, 6.07) is 0. The molecule has 0 spiro atoms. The van der Waals surface area contributed by atoms with E-state index in [1.807, 2.05) is 0 Å². The van der Waals surface area contributed by atoms with Crippen molar-refractivity contribution >= 4 is 11.8 Å². The molecule has 5 fully saturated rings. The summed E-state index contributed by atoms with van der Waals surface area (Å²) in [5.41, 5.74) is 1.48. The zero-order valence-corrected chi connectivity index (χ0v) is 14.1. The van der Waals surface area contributed by atoms with Gasteiger partial charge >= 0.3 is 0 Å². The van der Waals surface area contributed by atoms with Crippen molar-refractivity contribution in [2.45, 2.75) is 82.1 Å². The van der Waals surface area contributed by atoms with Gasteiger partial charge in [-0.25, -0.2) is 0 Å². The Balaban J connectivity index is 1.48. The predicted octanol–water partition coefficient (Wildman–Crippen LogP) is 5.51. The van der Waals surface area contributed by atoms with Crippen molar-refractivity contribution in [2.24, 2.45) is 34.5 Å². The highest BCUT2D eigenvalue weighted by atomic mass is 32.2. The third-order valence-corrected chi connectivity index (χ3v) is 10.1. The first-order valence-electron chi connectivity index (χ1n) is 9.26. The van der Waals surface area contributed by atoms with Crippen molar-refractivity contribution in [2.75, 3.05) is 0 Å². The van der Waals surface area contributed by atoms with Crippen LogP contribution in [0.3, 0.4) is 0 Å². The molecule has 1 saturated heterocycles. The van der Waals surface area contributed by atoms with Crippen molar-refractivity contribution in [1.82, 2.24) is 0 Å². The second-order valence-corrected chi connectivity index (χ2v) is 10.9. The van der Waals surface area contributed by atoms with Crippen LogP contribution in [0.5, 0.6) is 0 Å². The maximum Gasteiger partial charge on any atom is 0.0175 e. The Morgan fingerprint density at radius 1 is 0.900 bits per heavy atom. The number of thioether (sulfide) groups is 1. The molecule has 5 aliphatic rings. The van der Waals surface area contributed by atoms with Crippen LogP contribution in [0.15, 0.2) is 0 Å². The molecular weight excluding hydrogens is 260 g/mol. The molecule has 0 nitrogen and oxygen atoms in total. The number of hydrogen-bond donors (Lipinski definition) is 0. The molecule has 4 aliphatic carbocycles. The third kappa shape index (κ3) is 1.57. The third-order valence-electron chi connectivity index (χ3n) is 8.69. The first-order chi connectivity index (χ1) is 9.60. The summed E-state index contributed by atoms with van der Waals surface area (Å²) in [5, 5.41) is 2.16. The van der Waals surface area contributed by atoms with E-state index in [1.54, 1.807) is 51.4 Å². The summed E-state index contributed by atoms with van der Waals surface area (Å²) < 4.78 is 0. The molecule has 5 rings (SSSR count). The van der Waals surface area contributed by atoms with Crippen LogP contribution in [0, 0.1) is 34.5 Å². The lowest BCUT2D eigenvalue weighted by Gasteiger charge is -2.59. The summed E-state index contributed by atoms with van der Waals surface area (Å²) in [6.45, 7) is 5.37. The van der Waals surface area contributed by atoms with E-state index in [4.69, 9.17) is 0 Å². The van der Waals surface area contributed by atoms with Gasteiger partial charge in [0.05, 0.1) is 0 Å². The van der Waals surface area contributed by atoms with E-state index in [2.05, 4.69) is 25.6 Å². The molecule has 0 radical (unpaired) electrons. The van der Waals surface area contributed by atoms with Gasteiger partial charge in [-0.3, -0.25) is 0 Å². The minimum Gasteiger partial charge on any atom is -0.153 e. The Bertz CT molecular complexity index is 431. The molecule has 0 bridgehead atoms. The molecule has 4 saturated carbocycles. The monoisotopic (exact) mass is 290 g/mol. The Morgan fingerprint density at radius 2 is 1.80 bits per heavy atom. The summed E-state index contributed by atoms with van der Waals surface area (Å²) in [7, 11) is 0. The normalized spacial score (nSPS) is 63.9. The van der Waals surface area contributed by atoms with Gasteiger partial charge in [-0.1, -0.05) is 20.3 Å². The molecule has 0 unspecified atom stereocenters. The minimum absolute atomic E-state index is 0.734. The second-order valence-electron chi connectivity index (χ2n) is 9.39. The number of rotatable bonds is 0. The Kier molecular flexibility index (Phi) is 2.57. The number of fused-ring (bicyclic) bond motifs is 6. The first-order valence-corrected chi connectivity index (χ1v) is 10.2. The van der Waals surface area contributed by atoms with Crippen LogP contribution in [0.4, 0.5) is 0 Å². The van der Waals surface area contributed by atoms with Gasteiger partial charge in [0.25, 0.3) is 0 Å². The molecule has 0 aromatic rings. The zero-order valence-electron chi connectivity index (χ0n) is 13.2. The molecule has 0 aromatic carbocycles. The van der Waals surface area contributed by atoms with Gasteiger partial charge in [0.1, 0.15) is 0 Å². The summed E-state index contributed by atoms with van der Waals surface area (Å²) in [5.74, 6) is 4.40. The zero-order chi connectivity index (χ0) is 13.5. The van der Waals surface area contributed by atoms with Crippen LogP contribution in [-0.2, 0) is 0 Å². The molecule has 1 heteroatoms. The van der Waals surface area contributed by atoms with Crippen molar-refractivity contribution in [1.29, 1.82) is 0 Å². The quantitative estimate of drug-likeness (QED) is 0.530. The van der Waals surface area contributed by atoms with Crippen molar-refractivity contribution < 1.29 is 0 Å². The van der Waals surface area contributed by atoms with Gasteiger partial charge in [-0.05, 0) is 85.9 Å². The topological polar surface area (TPSA) is 0 Å². The summed E-state index contributed by atoms with van der Waals surface area (Å²) in [4.78, 5) is 0. The van der Waals surface area contributed by atoms with Gasteiger partial charge in [-0.15, -0.1) is 0 Å². The summed E-state index contributed by atoms with van der Waals surface area (Å²) >= 11 is 2.32. The van der Waals surface area contributed by atoms with Crippen LogP contribution in [0.25, 0.3) is 0 Å². The summed E-state index contributed by atoms with van der Waals surface area (Å²) in [6.07, 6.45) is 14.1. The van der Waals surface area contributed by atoms with E-state index < -0.39 is 0 Å². The fraction of sp³-hybridized carbons (Fsp3) is 1.00. The molecule has 20 heavy (non-hydrogen) atoms. The Labute approximate surface area is 128 Å². The highest BCUT2D eigenvalue weighted by Crippen LogP contribution is 2.70. The van der Waals surface area contributed by atoms with Crippen LogP contribution in [0.2, 0.25) is 0 Å².